The fourth-order valence-corrected chi connectivity index (χ4v) is 8.62. The third-order valence-corrected chi connectivity index (χ3v) is 11.3. The standard InChI is InChI=1S/C27H25N9O12S4/c1-10-4-16(36-15(29-10)5-34(33-36)52(45,46)47)49-7-12-8-50-24-18(23(40)35(24)19(12)26(43)44)31-22(39)17(14-9-51-27(28)30-14)32-48-6-11-2-3-13(25(41)42)21(38)20(11)37/h2-5,9,18,24,33,37-38H,6-8H2,1H3,(H2,28,30)(H,31,39)(H,41,42)(H,43,44)(H,45,46,47)/t18-,24-/m1/s1. The minimum atomic E-state index is -4.65. The first-order chi connectivity index (χ1) is 24.5. The number of rotatable bonds is 12. The summed E-state index contributed by atoms with van der Waals surface area (Å²) in [7, 11) is -4.65. The topological polar surface area (TPSA) is 310 Å². The number of aliphatic imine (C=N–C) groups is 1. The summed E-state index contributed by atoms with van der Waals surface area (Å²) in [5.41, 5.74) is 7.73. The number of phenolic OH excluding ortho intramolecular Hbond substituents is 1. The van der Waals surface area contributed by atoms with Crippen molar-refractivity contribution < 1.29 is 57.4 Å². The number of carbonyl (C=O) groups is 4. The number of aromatic hydroxyl groups is 2. The van der Waals surface area contributed by atoms with Crippen molar-refractivity contribution in [1.82, 2.24) is 30.2 Å². The van der Waals surface area contributed by atoms with Gasteiger partial charge in [-0.1, -0.05) is 11.2 Å². The Morgan fingerprint density at radius 3 is 2.62 bits per heavy atom. The van der Waals surface area contributed by atoms with Gasteiger partial charge in [0.05, 0.1) is 11.2 Å². The number of carboxylic acids is 2. The van der Waals surface area contributed by atoms with Crippen molar-refractivity contribution in [1.29, 1.82) is 0 Å². The van der Waals surface area contributed by atoms with Gasteiger partial charge in [-0.05, 0) is 24.6 Å². The number of allylic oxidation sites excluding steroid dienone is 1. The number of hydrogen-bond acceptors (Lipinski definition) is 18. The highest BCUT2D eigenvalue weighted by Gasteiger charge is 2.54. The molecule has 52 heavy (non-hydrogen) atoms. The second-order valence-corrected chi connectivity index (χ2v) is 15.2. The zero-order valence-electron chi connectivity index (χ0n) is 26.2. The minimum Gasteiger partial charge on any atom is -0.504 e. The summed E-state index contributed by atoms with van der Waals surface area (Å²) >= 11 is 3.30. The van der Waals surface area contributed by atoms with Crippen molar-refractivity contribution in [3.63, 3.8) is 0 Å². The molecule has 0 radical (unpaired) electrons. The molecule has 0 unspecified atom stereocenters. The Labute approximate surface area is 304 Å². The number of carboxylic acid groups (broad SMARTS) is 2. The van der Waals surface area contributed by atoms with Gasteiger partial charge in [-0.3, -0.25) is 19.0 Å². The Balaban J connectivity index is 1.16. The van der Waals surface area contributed by atoms with E-state index >= 15 is 0 Å². The molecular formula is C27H25N9O12S4. The lowest BCUT2D eigenvalue weighted by atomic mass is 10.0. The highest BCUT2D eigenvalue weighted by atomic mass is 32.2. The molecule has 25 heteroatoms. The van der Waals surface area contributed by atoms with Crippen LogP contribution >= 0.6 is 34.9 Å². The second-order valence-electron chi connectivity index (χ2n) is 10.9. The van der Waals surface area contributed by atoms with Crippen LogP contribution in [0.2, 0.25) is 0 Å². The average molecular weight is 796 g/mol. The molecule has 4 aliphatic heterocycles. The number of thioether (sulfide) groups is 2. The van der Waals surface area contributed by atoms with Gasteiger partial charge in [-0.25, -0.2) is 24.6 Å². The quantitative estimate of drug-likeness (QED) is 0.0467. The van der Waals surface area contributed by atoms with Crippen LogP contribution in [0.15, 0.2) is 62.1 Å². The number of nitrogens with zero attached hydrogens (tertiary/aromatic N) is 6. The van der Waals surface area contributed by atoms with Crippen molar-refractivity contribution in [2.45, 2.75) is 24.9 Å². The van der Waals surface area contributed by atoms with Gasteiger partial charge in [0.25, 0.3) is 11.8 Å². The number of aromatic carboxylic acids is 1. The summed E-state index contributed by atoms with van der Waals surface area (Å²) < 4.78 is 33.1. The third kappa shape index (κ3) is 6.95. The molecule has 0 saturated carbocycles. The molecule has 5 heterocycles. The molecule has 2 amide bonds. The van der Waals surface area contributed by atoms with Crippen LogP contribution in [-0.4, -0.2) is 111 Å². The first kappa shape index (κ1) is 36.5. The van der Waals surface area contributed by atoms with E-state index in [1.54, 1.807) is 13.0 Å². The highest BCUT2D eigenvalue weighted by molar-refractivity contribution is 8.03. The second kappa shape index (κ2) is 14.0. The third-order valence-electron chi connectivity index (χ3n) is 7.50. The van der Waals surface area contributed by atoms with E-state index in [4.69, 9.17) is 15.7 Å². The number of thiazole rings is 1. The number of amides is 2. The maximum Gasteiger partial charge on any atom is 0.374 e. The van der Waals surface area contributed by atoms with Crippen molar-refractivity contribution in [3.05, 3.63) is 68.7 Å². The van der Waals surface area contributed by atoms with Crippen LogP contribution in [0, 0.1) is 0 Å². The molecule has 1 aromatic heterocycles. The average Bonchev–Trinajstić information content (AvgIpc) is 3.72. The molecule has 6 rings (SSSR count). The molecule has 4 aliphatic rings. The van der Waals surface area contributed by atoms with E-state index in [2.05, 4.69) is 26.0 Å². The number of benzene rings is 1. The molecule has 0 bridgehead atoms. The Hall–Kier alpha value is -5.34. The van der Waals surface area contributed by atoms with E-state index in [1.807, 2.05) is 0 Å². The number of nitrogen functional groups attached to an aromatic ring is 1. The smallest absolute Gasteiger partial charge is 0.374 e. The van der Waals surface area contributed by atoms with Gasteiger partial charge in [0.2, 0.25) is 0 Å². The number of phenols is 2. The number of hydrogen-bond donors (Lipinski definition) is 8. The number of oxime groups is 1. The first-order valence-corrected chi connectivity index (χ1v) is 18.7. The molecule has 2 atom stereocenters. The van der Waals surface area contributed by atoms with Crippen LogP contribution in [0.25, 0.3) is 0 Å². The largest absolute Gasteiger partial charge is 0.504 e. The summed E-state index contributed by atoms with van der Waals surface area (Å²) in [5, 5.41) is 48.2. The Morgan fingerprint density at radius 2 is 1.96 bits per heavy atom. The minimum absolute atomic E-state index is 0.0267. The van der Waals surface area contributed by atoms with Crippen LogP contribution < -0.4 is 16.6 Å². The van der Waals surface area contributed by atoms with Crippen molar-refractivity contribution in [3.8, 4) is 11.5 Å². The number of β-lactam (4-membered cyclic amide) rings is 1. The number of fused-ring (bicyclic) bond motifs is 2. The van der Waals surface area contributed by atoms with Gasteiger partial charge in [0.1, 0.15) is 35.0 Å². The molecule has 21 nitrogen and oxygen atoms in total. The van der Waals surface area contributed by atoms with Crippen LogP contribution in [-0.2, 0) is 36.1 Å². The van der Waals surface area contributed by atoms with Gasteiger partial charge in [-0.2, -0.15) is 12.8 Å². The van der Waals surface area contributed by atoms with E-state index in [9.17, 15) is 47.5 Å². The van der Waals surface area contributed by atoms with E-state index in [-0.39, 0.29) is 39.4 Å². The lowest BCUT2D eigenvalue weighted by Crippen LogP contribution is -2.71. The maximum absolute atomic E-state index is 13.5. The summed E-state index contributed by atoms with van der Waals surface area (Å²) in [6.45, 7) is 1.14. The van der Waals surface area contributed by atoms with Crippen molar-refractivity contribution in [2.75, 3.05) is 17.2 Å². The normalized spacial score (nSPS) is 20.0. The first-order valence-electron chi connectivity index (χ1n) is 14.4. The predicted molar refractivity (Wildman–Crippen MR) is 184 cm³/mol. The Kier molecular flexibility index (Phi) is 9.81. The van der Waals surface area contributed by atoms with E-state index in [0.717, 1.165) is 40.3 Å². The molecular weight excluding hydrogens is 771 g/mol. The van der Waals surface area contributed by atoms with E-state index in [1.165, 1.54) is 28.2 Å². The van der Waals surface area contributed by atoms with Crippen LogP contribution in [0.1, 0.15) is 28.5 Å². The van der Waals surface area contributed by atoms with Gasteiger partial charge in [-0.15, -0.1) is 40.4 Å². The number of carbonyl (C=O) groups excluding carboxylic acids is 2. The summed E-state index contributed by atoms with van der Waals surface area (Å²) in [4.78, 5) is 65.1. The van der Waals surface area contributed by atoms with Crippen molar-refractivity contribution in [2.24, 2.45) is 10.1 Å². The molecule has 0 aliphatic carbocycles. The number of aromatic nitrogens is 1. The fourth-order valence-electron chi connectivity index (χ4n) is 5.11. The number of nitrogens with two attached hydrogens (primary N) is 1. The van der Waals surface area contributed by atoms with E-state index < -0.39 is 74.9 Å². The fraction of sp³-hybridized carbons (Fsp3) is 0.222. The molecule has 274 valence electrons. The van der Waals surface area contributed by atoms with Crippen molar-refractivity contribution >= 4 is 85.5 Å². The van der Waals surface area contributed by atoms with Crippen LogP contribution in [0.4, 0.5) is 5.13 Å². The maximum atomic E-state index is 13.5. The van der Waals surface area contributed by atoms with Gasteiger partial charge in [0.15, 0.2) is 28.2 Å². The highest BCUT2D eigenvalue weighted by Crippen LogP contribution is 2.42. The lowest BCUT2D eigenvalue weighted by Gasteiger charge is -2.49. The molecule has 1 saturated heterocycles. The Bertz CT molecular complexity index is 2180. The number of aliphatic carboxylic acids is 1. The molecule has 2 aromatic rings. The SMILES string of the molecule is CC1=NC2=CN(S(=O)(=O)O)NN2C(SCC2=C(C(=O)O)N3C(=O)[C@@H](NC(=O)C(=NOCc4ccc(C(=O)O)c(O)c4O)c4csc(N)n4)[C@H]3SC2)=C1. The zero-order valence-corrected chi connectivity index (χ0v) is 29.4. The molecule has 9 N–H and O–H groups in total. The van der Waals surface area contributed by atoms with Crippen LogP contribution in [0.3, 0.4) is 0 Å². The van der Waals surface area contributed by atoms with Gasteiger partial charge < -0.3 is 36.3 Å². The summed E-state index contributed by atoms with van der Waals surface area (Å²) in [6, 6.07) is 1.03. The van der Waals surface area contributed by atoms with Gasteiger partial charge in [0, 0.05) is 28.2 Å². The molecule has 0 spiro atoms. The molecule has 1 fully saturated rings. The number of anilines is 1. The van der Waals surface area contributed by atoms with E-state index in [0.29, 0.717) is 20.7 Å². The lowest BCUT2D eigenvalue weighted by molar-refractivity contribution is -0.150. The predicted octanol–water partition coefficient (Wildman–Crippen LogP) is 0.182. The van der Waals surface area contributed by atoms with Gasteiger partial charge >= 0.3 is 22.2 Å². The summed E-state index contributed by atoms with van der Waals surface area (Å²) in [6.07, 6.45) is 2.68. The zero-order chi connectivity index (χ0) is 37.6. The number of nitrogens with one attached hydrogen (secondary N) is 2. The monoisotopic (exact) mass is 795 g/mol. The van der Waals surface area contributed by atoms with Crippen LogP contribution in [0.5, 0.6) is 11.5 Å². The summed E-state index contributed by atoms with van der Waals surface area (Å²) in [5.74, 6) is -5.82. The number of hydrazine groups is 2. The molecule has 1 aromatic carbocycles. The Morgan fingerprint density at radius 1 is 1.21 bits per heavy atom.